The number of ether oxygens (including phenoxy) is 2. The standard InChI is InChI=1S/C12H19BrN2O2/c1-16-6-7-17-9-12(15-14)8-10-2-4-11(13)5-3-10/h2-5,12,15H,6-9,14H2,1H3. The highest BCUT2D eigenvalue weighted by Crippen LogP contribution is 2.11. The van der Waals surface area contributed by atoms with E-state index in [0.717, 1.165) is 10.9 Å². The Balaban J connectivity index is 2.33. The van der Waals surface area contributed by atoms with Gasteiger partial charge in [-0.15, -0.1) is 0 Å². The van der Waals surface area contributed by atoms with Crippen LogP contribution in [0.5, 0.6) is 0 Å². The van der Waals surface area contributed by atoms with Gasteiger partial charge in [-0.3, -0.25) is 11.3 Å². The van der Waals surface area contributed by atoms with Gasteiger partial charge < -0.3 is 9.47 Å². The maximum absolute atomic E-state index is 5.49. The minimum atomic E-state index is 0.119. The molecule has 1 aromatic rings. The van der Waals surface area contributed by atoms with Crippen LogP contribution in [-0.2, 0) is 15.9 Å². The summed E-state index contributed by atoms with van der Waals surface area (Å²) in [5.41, 5.74) is 3.99. The summed E-state index contributed by atoms with van der Waals surface area (Å²) < 4.78 is 11.4. The molecule has 96 valence electrons. The molecule has 0 saturated carbocycles. The zero-order valence-corrected chi connectivity index (χ0v) is 11.6. The number of benzene rings is 1. The van der Waals surface area contributed by atoms with Crippen molar-refractivity contribution in [1.29, 1.82) is 0 Å². The highest BCUT2D eigenvalue weighted by Gasteiger charge is 2.07. The summed E-state index contributed by atoms with van der Waals surface area (Å²) in [4.78, 5) is 0. The summed E-state index contributed by atoms with van der Waals surface area (Å²) in [6, 6.07) is 8.31. The number of halogens is 1. The van der Waals surface area contributed by atoms with E-state index >= 15 is 0 Å². The third-order valence-corrected chi connectivity index (χ3v) is 2.91. The molecule has 1 rings (SSSR count). The molecule has 1 aromatic carbocycles. The number of nitrogens with one attached hydrogen (secondary N) is 1. The molecule has 0 aliphatic carbocycles. The molecule has 0 amide bonds. The van der Waals surface area contributed by atoms with E-state index in [2.05, 4.69) is 33.5 Å². The quantitative estimate of drug-likeness (QED) is 0.434. The number of rotatable bonds is 8. The van der Waals surface area contributed by atoms with Crippen LogP contribution in [0, 0.1) is 0 Å². The van der Waals surface area contributed by atoms with Gasteiger partial charge in [-0.05, 0) is 24.1 Å². The predicted octanol–water partition coefficient (Wildman–Crippen LogP) is 1.49. The summed E-state index contributed by atoms with van der Waals surface area (Å²) in [6.07, 6.45) is 0.844. The lowest BCUT2D eigenvalue weighted by Crippen LogP contribution is -2.40. The van der Waals surface area contributed by atoms with Crippen molar-refractivity contribution in [3.8, 4) is 0 Å². The second-order valence-corrected chi connectivity index (χ2v) is 4.68. The van der Waals surface area contributed by atoms with Crippen LogP contribution in [0.15, 0.2) is 28.7 Å². The van der Waals surface area contributed by atoms with Crippen molar-refractivity contribution >= 4 is 15.9 Å². The molecule has 1 atom stereocenters. The van der Waals surface area contributed by atoms with E-state index in [-0.39, 0.29) is 6.04 Å². The maximum atomic E-state index is 5.49. The Hall–Kier alpha value is -0.460. The van der Waals surface area contributed by atoms with Crippen molar-refractivity contribution in [2.24, 2.45) is 5.84 Å². The number of hydrogen-bond donors (Lipinski definition) is 2. The number of methoxy groups -OCH3 is 1. The largest absolute Gasteiger partial charge is 0.382 e. The number of hydrazine groups is 1. The lowest BCUT2D eigenvalue weighted by atomic mass is 10.1. The first kappa shape index (κ1) is 14.6. The molecule has 0 radical (unpaired) electrons. The number of nitrogens with two attached hydrogens (primary N) is 1. The average molecular weight is 303 g/mol. The van der Waals surface area contributed by atoms with E-state index < -0.39 is 0 Å². The smallest absolute Gasteiger partial charge is 0.0701 e. The monoisotopic (exact) mass is 302 g/mol. The first-order valence-electron chi connectivity index (χ1n) is 5.53. The van der Waals surface area contributed by atoms with Gasteiger partial charge in [0, 0.05) is 17.6 Å². The van der Waals surface area contributed by atoms with Crippen LogP contribution in [0.4, 0.5) is 0 Å². The van der Waals surface area contributed by atoms with Gasteiger partial charge in [0.25, 0.3) is 0 Å². The van der Waals surface area contributed by atoms with Crippen molar-refractivity contribution in [2.75, 3.05) is 26.9 Å². The van der Waals surface area contributed by atoms with Gasteiger partial charge in [-0.25, -0.2) is 0 Å². The van der Waals surface area contributed by atoms with Crippen molar-refractivity contribution in [1.82, 2.24) is 5.43 Å². The van der Waals surface area contributed by atoms with Crippen molar-refractivity contribution in [3.05, 3.63) is 34.3 Å². The molecule has 0 aliphatic heterocycles. The fraction of sp³-hybridized carbons (Fsp3) is 0.500. The highest BCUT2D eigenvalue weighted by molar-refractivity contribution is 9.10. The van der Waals surface area contributed by atoms with Gasteiger partial charge in [0.2, 0.25) is 0 Å². The van der Waals surface area contributed by atoms with Crippen LogP contribution >= 0.6 is 15.9 Å². The minimum Gasteiger partial charge on any atom is -0.382 e. The van der Waals surface area contributed by atoms with Crippen molar-refractivity contribution in [2.45, 2.75) is 12.5 Å². The second kappa shape index (κ2) is 8.60. The molecule has 0 bridgehead atoms. The normalized spacial score (nSPS) is 12.6. The van der Waals surface area contributed by atoms with E-state index in [0.29, 0.717) is 19.8 Å². The summed E-state index contributed by atoms with van der Waals surface area (Å²) in [5, 5.41) is 0. The molecule has 0 spiro atoms. The van der Waals surface area contributed by atoms with E-state index in [1.807, 2.05) is 12.1 Å². The van der Waals surface area contributed by atoms with Crippen LogP contribution in [0.2, 0.25) is 0 Å². The first-order chi connectivity index (χ1) is 8.26. The summed E-state index contributed by atoms with van der Waals surface area (Å²) >= 11 is 3.41. The first-order valence-corrected chi connectivity index (χ1v) is 6.33. The fourth-order valence-electron chi connectivity index (χ4n) is 1.44. The van der Waals surface area contributed by atoms with E-state index in [9.17, 15) is 0 Å². The third-order valence-electron chi connectivity index (χ3n) is 2.38. The summed E-state index contributed by atoms with van der Waals surface area (Å²) in [6.45, 7) is 1.78. The lowest BCUT2D eigenvalue weighted by molar-refractivity contribution is 0.0587. The Morgan fingerprint density at radius 2 is 2.00 bits per heavy atom. The molecule has 3 N–H and O–H groups in total. The van der Waals surface area contributed by atoms with E-state index in [1.54, 1.807) is 7.11 Å². The molecule has 1 unspecified atom stereocenters. The zero-order chi connectivity index (χ0) is 12.5. The molecule has 17 heavy (non-hydrogen) atoms. The Kier molecular flexibility index (Phi) is 7.39. The van der Waals surface area contributed by atoms with Crippen LogP contribution in [-0.4, -0.2) is 33.0 Å². The van der Waals surface area contributed by atoms with E-state index in [1.165, 1.54) is 5.56 Å². The molecule has 0 fully saturated rings. The molecule has 5 heteroatoms. The van der Waals surface area contributed by atoms with Gasteiger partial charge in [0.1, 0.15) is 0 Å². The minimum absolute atomic E-state index is 0.119. The van der Waals surface area contributed by atoms with Gasteiger partial charge >= 0.3 is 0 Å². The Labute approximate surface area is 111 Å². The maximum Gasteiger partial charge on any atom is 0.0701 e. The zero-order valence-electron chi connectivity index (χ0n) is 9.99. The SMILES string of the molecule is COCCOCC(Cc1ccc(Br)cc1)NN. The van der Waals surface area contributed by atoms with Gasteiger partial charge in [0.05, 0.1) is 19.8 Å². The molecule has 0 heterocycles. The van der Waals surface area contributed by atoms with Gasteiger partial charge in [-0.1, -0.05) is 28.1 Å². The van der Waals surface area contributed by atoms with Gasteiger partial charge in [0.15, 0.2) is 0 Å². The van der Waals surface area contributed by atoms with Crippen LogP contribution < -0.4 is 11.3 Å². The average Bonchev–Trinajstić information content (AvgIpc) is 2.35. The number of hydrogen-bond acceptors (Lipinski definition) is 4. The molecular weight excluding hydrogens is 284 g/mol. The van der Waals surface area contributed by atoms with Crippen LogP contribution in [0.1, 0.15) is 5.56 Å². The summed E-state index contributed by atoms with van der Waals surface area (Å²) in [7, 11) is 1.66. The molecule has 0 aliphatic rings. The topological polar surface area (TPSA) is 56.5 Å². The predicted molar refractivity (Wildman–Crippen MR) is 71.7 cm³/mol. The van der Waals surface area contributed by atoms with Crippen molar-refractivity contribution in [3.63, 3.8) is 0 Å². The van der Waals surface area contributed by atoms with Crippen LogP contribution in [0.3, 0.4) is 0 Å². The fourth-order valence-corrected chi connectivity index (χ4v) is 1.70. The van der Waals surface area contributed by atoms with E-state index in [4.69, 9.17) is 15.3 Å². The second-order valence-electron chi connectivity index (χ2n) is 3.76. The molecule has 0 aromatic heterocycles. The highest BCUT2D eigenvalue weighted by atomic mass is 79.9. The Morgan fingerprint density at radius 1 is 1.29 bits per heavy atom. The lowest BCUT2D eigenvalue weighted by Gasteiger charge is -2.16. The van der Waals surface area contributed by atoms with Gasteiger partial charge in [-0.2, -0.15) is 0 Å². The Bertz CT molecular complexity index is 306. The molecule has 0 saturated heterocycles. The van der Waals surface area contributed by atoms with Crippen molar-refractivity contribution < 1.29 is 9.47 Å². The molecule has 4 nitrogen and oxygen atoms in total. The Morgan fingerprint density at radius 3 is 2.59 bits per heavy atom. The molecular formula is C12H19BrN2O2. The summed E-state index contributed by atoms with van der Waals surface area (Å²) in [5.74, 6) is 5.49. The third kappa shape index (κ3) is 6.14. The van der Waals surface area contributed by atoms with Crippen LogP contribution in [0.25, 0.3) is 0 Å².